The fourth-order valence-corrected chi connectivity index (χ4v) is 2.64. The van der Waals surface area contributed by atoms with Crippen molar-refractivity contribution in [1.29, 1.82) is 0 Å². The predicted molar refractivity (Wildman–Crippen MR) is 85.8 cm³/mol. The first-order valence-electron chi connectivity index (χ1n) is 5.47. The molecule has 0 atom stereocenters. The molecular weight excluding hydrogens is 319 g/mol. The lowest BCUT2D eigenvalue weighted by Crippen LogP contribution is -1.91. The third-order valence-corrected chi connectivity index (χ3v) is 3.88. The molecule has 2 N–H and O–H groups in total. The van der Waals surface area contributed by atoms with Crippen molar-refractivity contribution in [2.45, 2.75) is 10.6 Å². The topological polar surface area (TPSA) is 69.2 Å². The van der Waals surface area contributed by atoms with Gasteiger partial charge in [-0.25, -0.2) is 0 Å². The molecule has 0 unspecified atom stereocenters. The Kier molecular flexibility index (Phi) is 6.13. The number of non-ortho nitro benzene ring substituents is 1. The highest BCUT2D eigenvalue weighted by molar-refractivity contribution is 7.98. The van der Waals surface area contributed by atoms with E-state index in [9.17, 15) is 10.1 Å². The molecule has 106 valence electrons. The van der Waals surface area contributed by atoms with E-state index in [2.05, 4.69) is 0 Å². The van der Waals surface area contributed by atoms with Crippen LogP contribution < -0.4 is 5.73 Å². The molecule has 0 aliphatic carbocycles. The van der Waals surface area contributed by atoms with E-state index in [0.717, 1.165) is 10.5 Å². The number of thioether (sulfide) groups is 1. The maximum Gasteiger partial charge on any atom is 0.269 e. The van der Waals surface area contributed by atoms with Gasteiger partial charge in [0, 0.05) is 33.5 Å². The largest absolute Gasteiger partial charge is 0.398 e. The van der Waals surface area contributed by atoms with Gasteiger partial charge in [-0.2, -0.15) is 0 Å². The van der Waals surface area contributed by atoms with Crippen LogP contribution in [-0.4, -0.2) is 4.92 Å². The summed E-state index contributed by atoms with van der Waals surface area (Å²) >= 11 is 7.35. The van der Waals surface area contributed by atoms with Crippen LogP contribution in [0.5, 0.6) is 0 Å². The summed E-state index contributed by atoms with van der Waals surface area (Å²) in [5, 5.41) is 11.3. The van der Waals surface area contributed by atoms with Crippen molar-refractivity contribution >= 4 is 47.1 Å². The van der Waals surface area contributed by atoms with Crippen molar-refractivity contribution in [2.24, 2.45) is 0 Å². The molecule has 0 fully saturated rings. The Bertz CT molecular complexity index is 623. The molecule has 0 spiro atoms. The van der Waals surface area contributed by atoms with E-state index in [0.29, 0.717) is 16.5 Å². The molecule has 2 aromatic rings. The van der Waals surface area contributed by atoms with Gasteiger partial charge < -0.3 is 5.73 Å². The van der Waals surface area contributed by atoms with Gasteiger partial charge >= 0.3 is 0 Å². The molecule has 0 amide bonds. The summed E-state index contributed by atoms with van der Waals surface area (Å²) in [6.07, 6.45) is 0. The van der Waals surface area contributed by atoms with Gasteiger partial charge in [0.15, 0.2) is 0 Å². The molecule has 0 aromatic heterocycles. The molecule has 0 heterocycles. The number of hydrogen-bond donors (Lipinski definition) is 1. The highest BCUT2D eigenvalue weighted by atomic mass is 35.5. The van der Waals surface area contributed by atoms with E-state index < -0.39 is 4.92 Å². The van der Waals surface area contributed by atoms with Crippen molar-refractivity contribution in [1.82, 2.24) is 0 Å². The summed E-state index contributed by atoms with van der Waals surface area (Å²) < 4.78 is 0. The molecule has 0 saturated carbocycles. The van der Waals surface area contributed by atoms with Crippen molar-refractivity contribution in [3.63, 3.8) is 0 Å². The number of rotatable bonds is 4. The molecule has 20 heavy (non-hydrogen) atoms. The van der Waals surface area contributed by atoms with E-state index in [1.807, 2.05) is 12.1 Å². The Morgan fingerprint density at radius 2 is 2.00 bits per heavy atom. The third kappa shape index (κ3) is 4.30. The van der Waals surface area contributed by atoms with Crippen LogP contribution >= 0.6 is 35.8 Å². The molecule has 0 bridgehead atoms. The first-order chi connectivity index (χ1) is 9.06. The zero-order valence-corrected chi connectivity index (χ0v) is 12.7. The Morgan fingerprint density at radius 3 is 2.65 bits per heavy atom. The molecule has 0 radical (unpaired) electrons. The van der Waals surface area contributed by atoms with Gasteiger partial charge in [0.25, 0.3) is 5.69 Å². The summed E-state index contributed by atoms with van der Waals surface area (Å²) in [6.45, 7) is 0. The molecule has 2 rings (SSSR count). The minimum Gasteiger partial charge on any atom is -0.398 e. The molecule has 0 aliphatic rings. The Balaban J connectivity index is 0.00000200. The van der Waals surface area contributed by atoms with E-state index in [1.165, 1.54) is 17.8 Å². The van der Waals surface area contributed by atoms with Gasteiger partial charge in [-0.15, -0.1) is 24.2 Å². The minimum atomic E-state index is -0.398. The second kappa shape index (κ2) is 7.38. The van der Waals surface area contributed by atoms with Crippen LogP contribution in [0.15, 0.2) is 47.4 Å². The first kappa shape index (κ1) is 16.6. The quantitative estimate of drug-likeness (QED) is 0.386. The first-order valence-corrected chi connectivity index (χ1v) is 6.84. The van der Waals surface area contributed by atoms with Crippen LogP contribution in [0.25, 0.3) is 0 Å². The molecule has 4 nitrogen and oxygen atoms in total. The fourth-order valence-electron chi connectivity index (χ4n) is 1.57. The smallest absolute Gasteiger partial charge is 0.269 e. The molecule has 7 heteroatoms. The molecule has 2 aromatic carbocycles. The lowest BCUT2D eigenvalue weighted by Gasteiger charge is -2.05. The summed E-state index contributed by atoms with van der Waals surface area (Å²) in [6, 6.07) is 11.9. The summed E-state index contributed by atoms with van der Waals surface area (Å²) in [7, 11) is 0. The van der Waals surface area contributed by atoms with E-state index in [4.69, 9.17) is 17.3 Å². The average Bonchev–Trinajstić information content (AvgIpc) is 2.38. The molecule has 0 aliphatic heterocycles. The Hall–Kier alpha value is -1.43. The second-order valence-corrected chi connectivity index (χ2v) is 5.35. The number of halogens is 2. The van der Waals surface area contributed by atoms with Gasteiger partial charge in [-0.3, -0.25) is 10.1 Å². The second-order valence-electron chi connectivity index (χ2n) is 3.90. The maximum absolute atomic E-state index is 10.7. The van der Waals surface area contributed by atoms with Gasteiger partial charge in [-0.05, 0) is 23.8 Å². The van der Waals surface area contributed by atoms with Crippen LogP contribution in [0.1, 0.15) is 5.56 Å². The number of nitrogens with zero attached hydrogens (tertiary/aromatic N) is 1. The van der Waals surface area contributed by atoms with Crippen molar-refractivity contribution in [3.8, 4) is 0 Å². The van der Waals surface area contributed by atoms with Gasteiger partial charge in [-0.1, -0.05) is 23.7 Å². The third-order valence-electron chi connectivity index (χ3n) is 2.49. The molecule has 0 saturated heterocycles. The maximum atomic E-state index is 10.7. The van der Waals surface area contributed by atoms with Gasteiger partial charge in [0.2, 0.25) is 0 Å². The lowest BCUT2D eigenvalue weighted by molar-refractivity contribution is -0.384. The van der Waals surface area contributed by atoms with Crippen LogP contribution in [0, 0.1) is 10.1 Å². The summed E-state index contributed by atoms with van der Waals surface area (Å²) in [5.74, 6) is 0.619. The van der Waals surface area contributed by atoms with E-state index in [-0.39, 0.29) is 18.1 Å². The SMILES string of the molecule is Cl.Nc1cc(Cl)ccc1SCc1cccc([N+](=O)[O-])c1. The van der Waals surface area contributed by atoms with Crippen LogP contribution in [0.3, 0.4) is 0 Å². The van der Waals surface area contributed by atoms with E-state index in [1.54, 1.807) is 24.3 Å². The van der Waals surface area contributed by atoms with Crippen LogP contribution in [-0.2, 0) is 5.75 Å². The number of nitrogens with two attached hydrogens (primary N) is 1. The number of nitro benzene ring substituents is 1. The number of nitrogen functional groups attached to an aromatic ring is 1. The zero-order valence-electron chi connectivity index (χ0n) is 10.3. The van der Waals surface area contributed by atoms with Gasteiger partial charge in [0.05, 0.1) is 4.92 Å². The fraction of sp³-hybridized carbons (Fsp3) is 0.0769. The number of benzene rings is 2. The number of hydrogen-bond acceptors (Lipinski definition) is 4. The predicted octanol–water partition coefficient (Wildman–Crippen LogP) is 4.54. The average molecular weight is 331 g/mol. The normalized spacial score (nSPS) is 9.85. The Morgan fingerprint density at radius 1 is 1.25 bits per heavy atom. The van der Waals surface area contributed by atoms with Crippen molar-refractivity contribution < 1.29 is 4.92 Å². The van der Waals surface area contributed by atoms with Crippen LogP contribution in [0.4, 0.5) is 11.4 Å². The lowest BCUT2D eigenvalue weighted by atomic mass is 10.2. The highest BCUT2D eigenvalue weighted by Crippen LogP contribution is 2.30. The van der Waals surface area contributed by atoms with Crippen molar-refractivity contribution in [3.05, 3.63) is 63.2 Å². The highest BCUT2D eigenvalue weighted by Gasteiger charge is 2.07. The monoisotopic (exact) mass is 330 g/mol. The number of anilines is 1. The van der Waals surface area contributed by atoms with Crippen molar-refractivity contribution in [2.75, 3.05) is 5.73 Å². The zero-order chi connectivity index (χ0) is 13.8. The standard InChI is InChI=1S/C13H11ClN2O2S.ClH/c14-10-4-5-13(12(15)7-10)19-8-9-2-1-3-11(6-9)16(17)18;/h1-7H,8,15H2;1H. The van der Waals surface area contributed by atoms with Crippen LogP contribution in [0.2, 0.25) is 5.02 Å². The minimum absolute atomic E-state index is 0. The molecular formula is C13H12Cl2N2O2S. The summed E-state index contributed by atoms with van der Waals surface area (Å²) in [4.78, 5) is 11.2. The summed E-state index contributed by atoms with van der Waals surface area (Å²) in [5.41, 5.74) is 7.45. The number of nitro groups is 1. The van der Waals surface area contributed by atoms with E-state index >= 15 is 0 Å². The van der Waals surface area contributed by atoms with Gasteiger partial charge in [0.1, 0.15) is 0 Å². The Labute approximate surface area is 131 Å².